The lowest BCUT2D eigenvalue weighted by molar-refractivity contribution is 0.267. The Morgan fingerprint density at radius 2 is 1.50 bits per heavy atom. The molecule has 2 aromatic carbocycles. The predicted octanol–water partition coefficient (Wildman–Crippen LogP) is 4.92. The summed E-state index contributed by atoms with van der Waals surface area (Å²) in [4.78, 5) is 5.97. The minimum absolute atomic E-state index is 0.0112. The molecule has 1 saturated heterocycles. The molecule has 1 atom stereocenters. The zero-order valence-electron chi connectivity index (χ0n) is 14.8. The van der Waals surface area contributed by atoms with Crippen molar-refractivity contribution in [3.8, 4) is 0 Å². The maximum Gasteiger partial charge on any atom is 0.0840 e. The average molecular weight is 339 g/mol. The molecular formula is C21H26N2S. The van der Waals surface area contributed by atoms with E-state index in [0.717, 1.165) is 24.6 Å². The van der Waals surface area contributed by atoms with Crippen LogP contribution in [-0.4, -0.2) is 29.5 Å². The molecule has 0 aliphatic carbocycles. The van der Waals surface area contributed by atoms with Crippen molar-refractivity contribution in [3.63, 3.8) is 0 Å². The van der Waals surface area contributed by atoms with Crippen LogP contribution in [0.3, 0.4) is 0 Å². The molecule has 126 valence electrons. The number of para-hydroxylation sites is 1. The lowest BCUT2D eigenvalue weighted by Crippen LogP contribution is -2.52. The molecule has 0 spiro atoms. The third kappa shape index (κ3) is 3.62. The summed E-state index contributed by atoms with van der Waals surface area (Å²) in [6.45, 7) is 9.56. The van der Waals surface area contributed by atoms with Crippen LogP contribution in [0, 0.1) is 5.41 Å². The molecule has 1 heterocycles. The number of anilines is 1. The number of benzene rings is 2. The van der Waals surface area contributed by atoms with Gasteiger partial charge < -0.3 is 9.80 Å². The van der Waals surface area contributed by atoms with Gasteiger partial charge in [-0.15, -0.1) is 0 Å². The van der Waals surface area contributed by atoms with Crippen molar-refractivity contribution in [2.75, 3.05) is 24.5 Å². The van der Waals surface area contributed by atoms with E-state index >= 15 is 0 Å². The molecule has 0 unspecified atom stereocenters. The molecular weight excluding hydrogens is 312 g/mol. The van der Waals surface area contributed by atoms with E-state index in [1.807, 2.05) is 0 Å². The molecule has 0 N–H and O–H groups in total. The standard InChI is InChI=1S/C21H26N2S/c1-21(2,3)20(24)23-15-14-22(18-12-8-5-9-13-18)16-19(23)17-10-6-4-7-11-17/h4-13,19H,14-16H2,1-3H3/t19-/m1/s1. The molecule has 0 saturated carbocycles. The number of piperazine rings is 1. The van der Waals surface area contributed by atoms with E-state index in [0.29, 0.717) is 6.04 Å². The fourth-order valence-corrected chi connectivity index (χ4v) is 3.51. The Hall–Kier alpha value is -1.87. The van der Waals surface area contributed by atoms with Gasteiger partial charge in [-0.05, 0) is 17.7 Å². The second-order valence-electron chi connectivity index (χ2n) is 7.46. The van der Waals surface area contributed by atoms with Gasteiger partial charge >= 0.3 is 0 Å². The topological polar surface area (TPSA) is 6.48 Å². The van der Waals surface area contributed by atoms with E-state index in [2.05, 4.69) is 91.2 Å². The van der Waals surface area contributed by atoms with Gasteiger partial charge in [0.25, 0.3) is 0 Å². The third-order valence-corrected chi connectivity index (χ3v) is 5.44. The number of hydrogen-bond acceptors (Lipinski definition) is 2. The maximum atomic E-state index is 5.85. The molecule has 3 heteroatoms. The first-order valence-corrected chi connectivity index (χ1v) is 9.03. The van der Waals surface area contributed by atoms with Crippen LogP contribution in [0.5, 0.6) is 0 Å². The van der Waals surface area contributed by atoms with Crippen LogP contribution in [0.25, 0.3) is 0 Å². The van der Waals surface area contributed by atoms with E-state index < -0.39 is 0 Å². The molecule has 2 nitrogen and oxygen atoms in total. The normalized spacial score (nSPS) is 18.5. The first-order chi connectivity index (χ1) is 11.5. The quantitative estimate of drug-likeness (QED) is 0.717. The van der Waals surface area contributed by atoms with Gasteiger partial charge in [0.05, 0.1) is 11.0 Å². The van der Waals surface area contributed by atoms with Crippen LogP contribution in [0.15, 0.2) is 60.7 Å². The van der Waals surface area contributed by atoms with Crippen LogP contribution in [0.2, 0.25) is 0 Å². The van der Waals surface area contributed by atoms with Crippen molar-refractivity contribution in [1.29, 1.82) is 0 Å². The van der Waals surface area contributed by atoms with E-state index in [4.69, 9.17) is 12.2 Å². The second-order valence-corrected chi connectivity index (χ2v) is 7.84. The van der Waals surface area contributed by atoms with Gasteiger partial charge in [0.1, 0.15) is 0 Å². The monoisotopic (exact) mass is 338 g/mol. The highest BCUT2D eigenvalue weighted by Crippen LogP contribution is 2.32. The zero-order chi connectivity index (χ0) is 17.2. The van der Waals surface area contributed by atoms with E-state index in [1.54, 1.807) is 0 Å². The Balaban J connectivity index is 1.90. The van der Waals surface area contributed by atoms with Crippen molar-refractivity contribution in [2.45, 2.75) is 26.8 Å². The molecule has 0 bridgehead atoms. The summed E-state index contributed by atoms with van der Waals surface area (Å²) in [5.41, 5.74) is 2.64. The summed E-state index contributed by atoms with van der Waals surface area (Å²) in [5, 5.41) is 0. The zero-order valence-corrected chi connectivity index (χ0v) is 15.6. The van der Waals surface area contributed by atoms with Gasteiger partial charge in [0, 0.05) is 30.7 Å². The largest absolute Gasteiger partial charge is 0.367 e. The number of rotatable bonds is 2. The first-order valence-electron chi connectivity index (χ1n) is 8.63. The SMILES string of the molecule is CC(C)(C)C(=S)N1CCN(c2ccccc2)C[C@@H]1c1ccccc1. The summed E-state index contributed by atoms with van der Waals surface area (Å²) in [6, 6.07) is 21.7. The highest BCUT2D eigenvalue weighted by atomic mass is 32.1. The van der Waals surface area contributed by atoms with Gasteiger partial charge in [-0.1, -0.05) is 81.5 Å². The van der Waals surface area contributed by atoms with Crippen LogP contribution in [0.4, 0.5) is 5.69 Å². The summed E-state index contributed by atoms with van der Waals surface area (Å²) in [7, 11) is 0. The Bertz CT molecular complexity index is 676. The molecule has 1 aliphatic heterocycles. The van der Waals surface area contributed by atoms with E-state index in [1.165, 1.54) is 11.3 Å². The smallest absolute Gasteiger partial charge is 0.0840 e. The fourth-order valence-electron chi connectivity index (χ4n) is 3.29. The Morgan fingerprint density at radius 3 is 2.08 bits per heavy atom. The Kier molecular flexibility index (Phi) is 4.91. The van der Waals surface area contributed by atoms with Crippen molar-refractivity contribution in [3.05, 3.63) is 66.2 Å². The second kappa shape index (κ2) is 6.94. The molecule has 24 heavy (non-hydrogen) atoms. The van der Waals surface area contributed by atoms with Crippen LogP contribution < -0.4 is 4.90 Å². The minimum Gasteiger partial charge on any atom is -0.367 e. The molecule has 0 radical (unpaired) electrons. The van der Waals surface area contributed by atoms with Gasteiger partial charge in [0.2, 0.25) is 0 Å². The summed E-state index contributed by atoms with van der Waals surface area (Å²) in [5.74, 6) is 0. The lowest BCUT2D eigenvalue weighted by Gasteiger charge is -2.46. The van der Waals surface area contributed by atoms with Gasteiger partial charge in [-0.2, -0.15) is 0 Å². The van der Waals surface area contributed by atoms with Gasteiger partial charge in [-0.25, -0.2) is 0 Å². The maximum absolute atomic E-state index is 5.85. The third-order valence-electron chi connectivity index (χ3n) is 4.59. The minimum atomic E-state index is 0.0112. The van der Waals surface area contributed by atoms with Crippen molar-refractivity contribution in [2.24, 2.45) is 5.41 Å². The van der Waals surface area contributed by atoms with Crippen LogP contribution in [0.1, 0.15) is 32.4 Å². The molecule has 2 aromatic rings. The molecule has 0 aromatic heterocycles. The van der Waals surface area contributed by atoms with Gasteiger partial charge in [-0.3, -0.25) is 0 Å². The summed E-state index contributed by atoms with van der Waals surface area (Å²) < 4.78 is 0. The lowest BCUT2D eigenvalue weighted by atomic mass is 9.92. The molecule has 3 rings (SSSR count). The molecule has 1 aliphatic rings. The van der Waals surface area contributed by atoms with Crippen LogP contribution in [-0.2, 0) is 0 Å². The van der Waals surface area contributed by atoms with E-state index in [9.17, 15) is 0 Å². The number of thiocarbonyl (C=S) groups is 1. The van der Waals surface area contributed by atoms with Gasteiger partial charge in [0.15, 0.2) is 0 Å². The molecule has 1 fully saturated rings. The summed E-state index contributed by atoms with van der Waals surface area (Å²) in [6.07, 6.45) is 0. The average Bonchev–Trinajstić information content (AvgIpc) is 2.61. The Morgan fingerprint density at radius 1 is 0.917 bits per heavy atom. The van der Waals surface area contributed by atoms with E-state index in [-0.39, 0.29) is 5.41 Å². The summed E-state index contributed by atoms with van der Waals surface area (Å²) >= 11 is 5.85. The highest BCUT2D eigenvalue weighted by molar-refractivity contribution is 7.80. The number of hydrogen-bond donors (Lipinski definition) is 0. The van der Waals surface area contributed by atoms with Crippen molar-refractivity contribution < 1.29 is 0 Å². The first kappa shape index (κ1) is 17.0. The van der Waals surface area contributed by atoms with Crippen LogP contribution >= 0.6 is 12.2 Å². The predicted molar refractivity (Wildman–Crippen MR) is 107 cm³/mol. The number of nitrogens with zero attached hydrogens (tertiary/aromatic N) is 2. The Labute approximate surface area is 151 Å². The van der Waals surface area contributed by atoms with Crippen molar-refractivity contribution in [1.82, 2.24) is 4.90 Å². The van der Waals surface area contributed by atoms with Crippen molar-refractivity contribution >= 4 is 22.9 Å². The fraction of sp³-hybridized carbons (Fsp3) is 0.381. The molecule has 0 amide bonds. The highest BCUT2D eigenvalue weighted by Gasteiger charge is 2.33.